The Hall–Kier alpha value is -3.78. The molecule has 0 unspecified atom stereocenters. The van der Waals surface area contributed by atoms with Gasteiger partial charge in [-0.05, 0) is 49.4 Å². The second-order valence-corrected chi connectivity index (χ2v) is 9.33. The number of nitrogens with zero attached hydrogens (tertiary/aromatic N) is 1. The van der Waals surface area contributed by atoms with Gasteiger partial charge in [0.15, 0.2) is 11.5 Å². The molecule has 1 aromatic heterocycles. The monoisotopic (exact) mass is 462 g/mol. The van der Waals surface area contributed by atoms with E-state index in [1.807, 2.05) is 25.1 Å². The molecule has 0 fully saturated rings. The molecule has 0 bridgehead atoms. The first kappa shape index (κ1) is 21.1. The van der Waals surface area contributed by atoms with Gasteiger partial charge in [-0.2, -0.15) is 0 Å². The highest BCUT2D eigenvalue weighted by Gasteiger charge is 2.24. The van der Waals surface area contributed by atoms with Crippen molar-refractivity contribution in [3.8, 4) is 17.2 Å². The summed E-state index contributed by atoms with van der Waals surface area (Å²) in [5.41, 5.74) is 1.73. The molecular formula is C25H22N2O5S. The van der Waals surface area contributed by atoms with Gasteiger partial charge in [0, 0.05) is 23.3 Å². The largest absolute Gasteiger partial charge is 0.494 e. The van der Waals surface area contributed by atoms with Gasteiger partial charge in [0.05, 0.1) is 22.7 Å². The van der Waals surface area contributed by atoms with Crippen LogP contribution in [0.15, 0.2) is 82.7 Å². The van der Waals surface area contributed by atoms with Crippen molar-refractivity contribution in [2.24, 2.45) is 0 Å². The van der Waals surface area contributed by atoms with Gasteiger partial charge in [0.2, 0.25) is 9.84 Å². The SMILES string of the molecule is CCOc1ccc2ncc(S(=O)(=O)c3ccccc3)c(Nc3ccc4c(c3)OCCO4)c2c1. The Morgan fingerprint density at radius 3 is 2.55 bits per heavy atom. The maximum Gasteiger partial charge on any atom is 0.210 e. The molecule has 1 aliphatic rings. The predicted molar refractivity (Wildman–Crippen MR) is 126 cm³/mol. The molecule has 7 nitrogen and oxygen atoms in total. The summed E-state index contributed by atoms with van der Waals surface area (Å²) in [6.45, 7) is 3.34. The number of ether oxygens (including phenoxy) is 3. The summed E-state index contributed by atoms with van der Waals surface area (Å²) in [6, 6.07) is 19.2. The third-order valence-electron chi connectivity index (χ3n) is 5.27. The summed E-state index contributed by atoms with van der Waals surface area (Å²) in [7, 11) is -3.85. The minimum atomic E-state index is -3.85. The van der Waals surface area contributed by atoms with Gasteiger partial charge >= 0.3 is 0 Å². The molecule has 2 heterocycles. The van der Waals surface area contributed by atoms with Crippen LogP contribution in [-0.2, 0) is 9.84 Å². The lowest BCUT2D eigenvalue weighted by Crippen LogP contribution is -2.15. The van der Waals surface area contributed by atoms with Crippen molar-refractivity contribution in [1.29, 1.82) is 0 Å². The Morgan fingerprint density at radius 2 is 1.76 bits per heavy atom. The first-order valence-electron chi connectivity index (χ1n) is 10.6. The molecule has 0 radical (unpaired) electrons. The van der Waals surface area contributed by atoms with Crippen molar-refractivity contribution < 1.29 is 22.6 Å². The molecule has 0 aliphatic carbocycles. The summed E-state index contributed by atoms with van der Waals surface area (Å²) < 4.78 is 44.1. The Bertz CT molecular complexity index is 1420. The quantitative estimate of drug-likeness (QED) is 0.432. The number of rotatable bonds is 6. The number of aromatic nitrogens is 1. The van der Waals surface area contributed by atoms with Gasteiger partial charge in [0.1, 0.15) is 23.9 Å². The second kappa shape index (κ2) is 8.63. The zero-order valence-electron chi connectivity index (χ0n) is 17.9. The normalized spacial score (nSPS) is 13.0. The average Bonchev–Trinajstić information content (AvgIpc) is 2.85. The van der Waals surface area contributed by atoms with Crippen molar-refractivity contribution in [2.45, 2.75) is 16.7 Å². The lowest BCUT2D eigenvalue weighted by atomic mass is 10.1. The zero-order chi connectivity index (χ0) is 22.8. The van der Waals surface area contributed by atoms with Crippen LogP contribution < -0.4 is 19.5 Å². The van der Waals surface area contributed by atoms with Crippen molar-refractivity contribution in [1.82, 2.24) is 4.98 Å². The molecule has 33 heavy (non-hydrogen) atoms. The molecule has 168 valence electrons. The fourth-order valence-electron chi connectivity index (χ4n) is 3.73. The standard InChI is InChI=1S/C25H22N2O5S/c1-2-30-18-9-10-21-20(15-18)25(27-17-8-11-22-23(14-17)32-13-12-31-22)24(16-26-21)33(28,29)19-6-4-3-5-7-19/h3-11,14-16H,2,12-13H2,1H3,(H,26,27). The van der Waals surface area contributed by atoms with Crippen molar-refractivity contribution in [3.63, 3.8) is 0 Å². The van der Waals surface area contributed by atoms with E-state index >= 15 is 0 Å². The number of hydrogen-bond donors (Lipinski definition) is 1. The molecule has 5 rings (SSSR count). The van der Waals surface area contributed by atoms with Gasteiger partial charge in [-0.25, -0.2) is 8.42 Å². The van der Waals surface area contributed by atoms with Gasteiger partial charge < -0.3 is 19.5 Å². The minimum Gasteiger partial charge on any atom is -0.494 e. The number of nitrogens with one attached hydrogen (secondary N) is 1. The fraction of sp³-hybridized carbons (Fsp3) is 0.160. The van der Waals surface area contributed by atoms with E-state index in [0.29, 0.717) is 59.3 Å². The highest BCUT2D eigenvalue weighted by Crippen LogP contribution is 2.39. The van der Waals surface area contributed by atoms with Gasteiger partial charge in [-0.3, -0.25) is 4.98 Å². The van der Waals surface area contributed by atoms with Crippen LogP contribution in [0.4, 0.5) is 11.4 Å². The summed E-state index contributed by atoms with van der Waals surface area (Å²) in [5.74, 6) is 1.89. The van der Waals surface area contributed by atoms with E-state index in [1.165, 1.54) is 6.20 Å². The maximum absolute atomic E-state index is 13.6. The van der Waals surface area contributed by atoms with Crippen LogP contribution in [0, 0.1) is 0 Å². The van der Waals surface area contributed by atoms with E-state index in [0.717, 1.165) is 0 Å². The molecule has 0 amide bonds. The number of benzene rings is 3. The molecule has 8 heteroatoms. The van der Waals surface area contributed by atoms with E-state index in [9.17, 15) is 8.42 Å². The van der Waals surface area contributed by atoms with Crippen LogP contribution in [0.3, 0.4) is 0 Å². The first-order chi connectivity index (χ1) is 16.1. The molecule has 0 spiro atoms. The van der Waals surface area contributed by atoms with Crippen LogP contribution in [-0.4, -0.2) is 33.2 Å². The van der Waals surface area contributed by atoms with Crippen molar-refractivity contribution in [2.75, 3.05) is 25.1 Å². The number of fused-ring (bicyclic) bond motifs is 2. The van der Waals surface area contributed by atoms with Crippen LogP contribution in [0.25, 0.3) is 10.9 Å². The van der Waals surface area contributed by atoms with E-state index in [2.05, 4.69) is 10.3 Å². The summed E-state index contributed by atoms with van der Waals surface area (Å²) in [5, 5.41) is 3.93. The lowest BCUT2D eigenvalue weighted by molar-refractivity contribution is 0.171. The number of anilines is 2. The van der Waals surface area contributed by atoms with Crippen LogP contribution in [0.2, 0.25) is 0 Å². The maximum atomic E-state index is 13.6. The summed E-state index contributed by atoms with van der Waals surface area (Å²) >= 11 is 0. The van der Waals surface area contributed by atoms with E-state index < -0.39 is 9.84 Å². The van der Waals surface area contributed by atoms with Crippen LogP contribution in [0.5, 0.6) is 17.2 Å². The fourth-order valence-corrected chi connectivity index (χ4v) is 5.13. The molecule has 0 saturated carbocycles. The van der Waals surface area contributed by atoms with Gasteiger partial charge in [0.25, 0.3) is 0 Å². The number of pyridine rings is 1. The van der Waals surface area contributed by atoms with Gasteiger partial charge in [-0.1, -0.05) is 18.2 Å². The second-order valence-electron chi connectivity index (χ2n) is 7.41. The van der Waals surface area contributed by atoms with Crippen LogP contribution >= 0.6 is 0 Å². The van der Waals surface area contributed by atoms with Crippen molar-refractivity contribution >= 4 is 32.1 Å². The lowest BCUT2D eigenvalue weighted by Gasteiger charge is -2.20. The highest BCUT2D eigenvalue weighted by atomic mass is 32.2. The molecular weight excluding hydrogens is 440 g/mol. The molecule has 4 aromatic rings. The van der Waals surface area contributed by atoms with E-state index in [-0.39, 0.29) is 9.79 Å². The van der Waals surface area contributed by atoms with Crippen LogP contribution in [0.1, 0.15) is 6.92 Å². The van der Waals surface area contributed by atoms with E-state index in [1.54, 1.807) is 48.5 Å². The first-order valence-corrected chi connectivity index (χ1v) is 12.1. The molecule has 1 N–H and O–H groups in total. The summed E-state index contributed by atoms with van der Waals surface area (Å²) in [6.07, 6.45) is 1.39. The Labute approximate surface area is 191 Å². The Balaban J connectivity index is 1.69. The predicted octanol–water partition coefficient (Wildman–Crippen LogP) is 4.98. The molecule has 0 atom stereocenters. The summed E-state index contributed by atoms with van der Waals surface area (Å²) in [4.78, 5) is 4.69. The average molecular weight is 463 g/mol. The number of sulfone groups is 1. The molecule has 3 aromatic carbocycles. The third-order valence-corrected chi connectivity index (χ3v) is 7.05. The van der Waals surface area contributed by atoms with Gasteiger partial charge in [-0.15, -0.1) is 0 Å². The minimum absolute atomic E-state index is 0.0738. The third kappa shape index (κ3) is 4.05. The molecule has 0 saturated heterocycles. The van der Waals surface area contributed by atoms with Crippen molar-refractivity contribution in [3.05, 3.63) is 72.9 Å². The molecule has 1 aliphatic heterocycles. The highest BCUT2D eigenvalue weighted by molar-refractivity contribution is 7.91. The zero-order valence-corrected chi connectivity index (χ0v) is 18.8. The number of hydrogen-bond acceptors (Lipinski definition) is 7. The Kier molecular flexibility index (Phi) is 5.51. The topological polar surface area (TPSA) is 86.8 Å². The van der Waals surface area contributed by atoms with E-state index in [4.69, 9.17) is 14.2 Å². The Morgan fingerprint density at radius 1 is 0.970 bits per heavy atom. The smallest absolute Gasteiger partial charge is 0.210 e.